The van der Waals surface area contributed by atoms with Crippen molar-refractivity contribution in [3.8, 4) is 0 Å². The molecule has 0 aliphatic heterocycles. The molecule has 6 nitrogen and oxygen atoms in total. The molecule has 0 atom stereocenters. The van der Waals surface area contributed by atoms with Gasteiger partial charge in [0.25, 0.3) is 0 Å². The van der Waals surface area contributed by atoms with Crippen LogP contribution in [0, 0.1) is 5.92 Å². The first-order valence-corrected chi connectivity index (χ1v) is 8.32. The van der Waals surface area contributed by atoms with E-state index in [0.29, 0.717) is 19.0 Å². The Balaban J connectivity index is 0.00000338. The van der Waals surface area contributed by atoms with Gasteiger partial charge in [-0.2, -0.15) is 0 Å². The molecule has 1 amide bonds. The summed E-state index contributed by atoms with van der Waals surface area (Å²) in [5.41, 5.74) is 2.86. The second kappa shape index (κ2) is 11.5. The van der Waals surface area contributed by atoms with E-state index in [9.17, 15) is 4.79 Å². The highest BCUT2D eigenvalue weighted by Gasteiger charge is 2.06. The summed E-state index contributed by atoms with van der Waals surface area (Å²) in [5, 5.41) is 9.36. The van der Waals surface area contributed by atoms with Gasteiger partial charge in [0.05, 0.1) is 12.2 Å². The van der Waals surface area contributed by atoms with Gasteiger partial charge in [0, 0.05) is 31.4 Å². The maximum absolute atomic E-state index is 11.7. The summed E-state index contributed by atoms with van der Waals surface area (Å²) in [6, 6.07) is 13.6. The maximum atomic E-state index is 11.7. The third kappa shape index (κ3) is 7.38. The van der Waals surface area contributed by atoms with E-state index in [1.54, 1.807) is 13.2 Å². The lowest BCUT2D eigenvalue weighted by atomic mass is 10.1. The molecule has 3 N–H and O–H groups in total. The maximum Gasteiger partial charge on any atom is 0.226 e. The molecule has 7 heteroatoms. The molecular formula is C19H26IN5O. The standard InChI is InChI=1S/C19H25N5O.HI/c1-14(2)18(25)24-16-9-7-15(8-10-16)12-22-19(20-3)23-13-17-6-4-5-11-21-17;/h4-11,14H,12-13H2,1-3H3,(H,24,25)(H2,20,22,23);1H. The van der Waals surface area contributed by atoms with Crippen LogP contribution in [0.5, 0.6) is 0 Å². The first-order valence-electron chi connectivity index (χ1n) is 8.32. The normalized spacial score (nSPS) is 10.8. The summed E-state index contributed by atoms with van der Waals surface area (Å²) in [6.07, 6.45) is 1.77. The fourth-order valence-electron chi connectivity index (χ4n) is 2.08. The molecule has 0 aliphatic carbocycles. The molecule has 0 spiro atoms. The first kappa shape index (κ1) is 21.9. The van der Waals surface area contributed by atoms with Gasteiger partial charge in [-0.25, -0.2) is 0 Å². The Morgan fingerprint density at radius 2 is 1.77 bits per heavy atom. The highest BCUT2D eigenvalue weighted by molar-refractivity contribution is 14.0. The molecule has 0 saturated carbocycles. The van der Waals surface area contributed by atoms with Crippen LogP contribution in [0.3, 0.4) is 0 Å². The number of aromatic nitrogens is 1. The lowest BCUT2D eigenvalue weighted by Crippen LogP contribution is -2.36. The van der Waals surface area contributed by atoms with Crippen LogP contribution in [0.4, 0.5) is 5.69 Å². The van der Waals surface area contributed by atoms with Crippen LogP contribution in [0.2, 0.25) is 0 Å². The van der Waals surface area contributed by atoms with Crippen molar-refractivity contribution >= 4 is 41.5 Å². The molecule has 26 heavy (non-hydrogen) atoms. The zero-order chi connectivity index (χ0) is 18.1. The molecule has 1 heterocycles. The number of benzene rings is 1. The Morgan fingerprint density at radius 3 is 2.35 bits per heavy atom. The summed E-state index contributed by atoms with van der Waals surface area (Å²) in [7, 11) is 1.73. The van der Waals surface area contributed by atoms with Gasteiger partial charge in [-0.1, -0.05) is 32.0 Å². The molecule has 0 saturated heterocycles. The van der Waals surface area contributed by atoms with Crippen LogP contribution >= 0.6 is 24.0 Å². The van der Waals surface area contributed by atoms with E-state index in [1.807, 2.05) is 56.3 Å². The Morgan fingerprint density at radius 1 is 1.08 bits per heavy atom. The second-order valence-electron chi connectivity index (χ2n) is 5.94. The molecule has 1 aromatic heterocycles. The number of anilines is 1. The molecular weight excluding hydrogens is 441 g/mol. The average molecular weight is 467 g/mol. The van der Waals surface area contributed by atoms with E-state index >= 15 is 0 Å². The average Bonchev–Trinajstić information content (AvgIpc) is 2.64. The number of guanidine groups is 1. The van der Waals surface area contributed by atoms with E-state index in [1.165, 1.54) is 0 Å². The highest BCUT2D eigenvalue weighted by Crippen LogP contribution is 2.10. The van der Waals surface area contributed by atoms with Crippen LogP contribution in [0.15, 0.2) is 53.7 Å². The topological polar surface area (TPSA) is 78.4 Å². The third-order valence-electron chi connectivity index (χ3n) is 3.59. The number of hydrogen-bond donors (Lipinski definition) is 3. The van der Waals surface area contributed by atoms with Crippen molar-refractivity contribution in [2.45, 2.75) is 26.9 Å². The van der Waals surface area contributed by atoms with Gasteiger partial charge in [-0.05, 0) is 29.8 Å². The SMILES string of the molecule is CN=C(NCc1ccc(NC(=O)C(C)C)cc1)NCc1ccccn1.I. The Bertz CT molecular complexity index is 702. The van der Waals surface area contributed by atoms with Gasteiger partial charge in [-0.15, -0.1) is 24.0 Å². The molecule has 0 fully saturated rings. The number of rotatable bonds is 6. The molecule has 1 aromatic carbocycles. The van der Waals surface area contributed by atoms with Gasteiger partial charge in [0.15, 0.2) is 5.96 Å². The van der Waals surface area contributed by atoms with E-state index < -0.39 is 0 Å². The molecule has 140 valence electrons. The predicted molar refractivity (Wildman–Crippen MR) is 117 cm³/mol. The van der Waals surface area contributed by atoms with Gasteiger partial charge < -0.3 is 16.0 Å². The number of hydrogen-bond acceptors (Lipinski definition) is 3. The summed E-state index contributed by atoms with van der Waals surface area (Å²) in [5.74, 6) is 0.697. The Labute approximate surface area is 171 Å². The summed E-state index contributed by atoms with van der Waals surface area (Å²) in [4.78, 5) is 20.2. The van der Waals surface area contributed by atoms with Crippen molar-refractivity contribution in [2.24, 2.45) is 10.9 Å². The predicted octanol–water partition coefficient (Wildman–Crippen LogP) is 3.16. The monoisotopic (exact) mass is 467 g/mol. The van der Waals surface area contributed by atoms with Gasteiger partial charge >= 0.3 is 0 Å². The van der Waals surface area contributed by atoms with Crippen LogP contribution < -0.4 is 16.0 Å². The first-order chi connectivity index (χ1) is 12.1. The summed E-state index contributed by atoms with van der Waals surface area (Å²) in [6.45, 7) is 5.00. The number of halogens is 1. The quantitative estimate of drug-likeness (QED) is 0.347. The van der Waals surface area contributed by atoms with Crippen molar-refractivity contribution in [1.29, 1.82) is 0 Å². The minimum Gasteiger partial charge on any atom is -0.352 e. The lowest BCUT2D eigenvalue weighted by molar-refractivity contribution is -0.118. The largest absolute Gasteiger partial charge is 0.352 e. The minimum absolute atomic E-state index is 0. The Hall–Kier alpha value is -2.16. The fraction of sp³-hybridized carbons (Fsp3) is 0.316. The Kier molecular flexibility index (Phi) is 9.64. The van der Waals surface area contributed by atoms with Crippen molar-refractivity contribution in [2.75, 3.05) is 12.4 Å². The van der Waals surface area contributed by atoms with Crippen molar-refractivity contribution in [1.82, 2.24) is 15.6 Å². The van der Waals surface area contributed by atoms with Crippen LogP contribution in [-0.2, 0) is 17.9 Å². The number of nitrogens with zero attached hydrogens (tertiary/aromatic N) is 2. The van der Waals surface area contributed by atoms with Gasteiger partial charge in [-0.3, -0.25) is 14.8 Å². The summed E-state index contributed by atoms with van der Waals surface area (Å²) >= 11 is 0. The second-order valence-corrected chi connectivity index (χ2v) is 5.94. The minimum atomic E-state index is -0.0326. The number of aliphatic imine (C=N–C) groups is 1. The number of amides is 1. The van der Waals surface area contributed by atoms with Gasteiger partial charge in [0.2, 0.25) is 5.91 Å². The number of carbonyl (C=O) groups is 1. The molecule has 2 rings (SSSR count). The molecule has 0 radical (unpaired) electrons. The van der Waals surface area contributed by atoms with Crippen molar-refractivity contribution in [3.05, 3.63) is 59.9 Å². The van der Waals surface area contributed by atoms with E-state index in [0.717, 1.165) is 16.9 Å². The fourth-order valence-corrected chi connectivity index (χ4v) is 2.08. The van der Waals surface area contributed by atoms with E-state index in [2.05, 4.69) is 25.9 Å². The highest BCUT2D eigenvalue weighted by atomic mass is 127. The smallest absolute Gasteiger partial charge is 0.226 e. The zero-order valence-electron chi connectivity index (χ0n) is 15.3. The third-order valence-corrected chi connectivity index (χ3v) is 3.59. The van der Waals surface area contributed by atoms with Crippen LogP contribution in [0.25, 0.3) is 0 Å². The number of nitrogens with one attached hydrogen (secondary N) is 3. The number of carbonyl (C=O) groups excluding carboxylic acids is 1. The molecule has 2 aromatic rings. The van der Waals surface area contributed by atoms with Crippen LogP contribution in [0.1, 0.15) is 25.1 Å². The van der Waals surface area contributed by atoms with Gasteiger partial charge in [0.1, 0.15) is 0 Å². The van der Waals surface area contributed by atoms with E-state index in [4.69, 9.17) is 0 Å². The van der Waals surface area contributed by atoms with Crippen LogP contribution in [-0.4, -0.2) is 23.9 Å². The number of pyridine rings is 1. The summed E-state index contributed by atoms with van der Waals surface area (Å²) < 4.78 is 0. The molecule has 0 bridgehead atoms. The lowest BCUT2D eigenvalue weighted by Gasteiger charge is -2.12. The van der Waals surface area contributed by atoms with Crippen molar-refractivity contribution in [3.63, 3.8) is 0 Å². The molecule has 0 unspecified atom stereocenters. The van der Waals surface area contributed by atoms with Crippen molar-refractivity contribution < 1.29 is 4.79 Å². The zero-order valence-corrected chi connectivity index (χ0v) is 17.7. The van der Waals surface area contributed by atoms with E-state index in [-0.39, 0.29) is 35.8 Å². The molecule has 0 aliphatic rings.